The molecule has 10 heteroatoms. The van der Waals surface area contributed by atoms with E-state index in [0.29, 0.717) is 29.1 Å². The Morgan fingerprint density at radius 1 is 1.17 bits per heavy atom. The molecule has 0 bridgehead atoms. The summed E-state index contributed by atoms with van der Waals surface area (Å²) < 4.78 is 35.5. The number of pyridine rings is 1. The number of nitrogens with one attached hydrogen (secondary N) is 2. The zero-order chi connectivity index (χ0) is 25.8. The number of fused-ring (bicyclic) bond motifs is 1. The molecule has 2 heterocycles. The molecule has 0 unspecified atom stereocenters. The first-order valence-electron chi connectivity index (χ1n) is 11.3. The van der Waals surface area contributed by atoms with Crippen LogP contribution in [-0.2, 0) is 22.6 Å². The third kappa shape index (κ3) is 4.94. The maximum absolute atomic E-state index is 14.5. The van der Waals surface area contributed by atoms with Gasteiger partial charge in [-0.15, -0.1) is 0 Å². The molecule has 0 saturated heterocycles. The first-order valence-corrected chi connectivity index (χ1v) is 11.3. The van der Waals surface area contributed by atoms with Crippen LogP contribution in [0.1, 0.15) is 28.4 Å². The molecule has 0 aliphatic rings. The van der Waals surface area contributed by atoms with Crippen molar-refractivity contribution in [1.82, 2.24) is 19.9 Å². The van der Waals surface area contributed by atoms with Crippen LogP contribution in [0.2, 0.25) is 0 Å². The summed E-state index contributed by atoms with van der Waals surface area (Å²) in [5, 5.41) is 5.30. The predicted octanol–water partition coefficient (Wildman–Crippen LogP) is 4.22. The summed E-state index contributed by atoms with van der Waals surface area (Å²) in [7, 11) is 1.40. The van der Waals surface area contributed by atoms with Gasteiger partial charge in [-0.05, 0) is 49.7 Å². The molecule has 4 rings (SSSR count). The highest BCUT2D eigenvalue weighted by Crippen LogP contribution is 2.30. The maximum Gasteiger partial charge on any atom is 0.253 e. The van der Waals surface area contributed by atoms with E-state index >= 15 is 0 Å². The predicted molar refractivity (Wildman–Crippen MR) is 131 cm³/mol. The minimum atomic E-state index is -0.749. The standard InChI is InChI=1S/C26H25F2N5O3/c1-4-33-24-18(26(35)30-13-19-20(27)8-7-15(2)23(19)28)10-17(31-22(34)14-36-3)11-21(24)32-25(33)16-6-5-9-29-12-16/h5-12H,4,13-14H2,1-3H3,(H,30,35)(H,31,34). The SMILES string of the molecule is CCn1c(-c2cccnc2)nc2cc(NC(=O)COC)cc(C(=O)NCc3c(F)ccc(C)c3F)c21. The molecule has 0 spiro atoms. The quantitative estimate of drug-likeness (QED) is 0.383. The molecule has 0 radical (unpaired) electrons. The van der Waals surface area contributed by atoms with Crippen LogP contribution in [0.3, 0.4) is 0 Å². The fourth-order valence-corrected chi connectivity index (χ4v) is 4.01. The van der Waals surface area contributed by atoms with E-state index in [1.165, 1.54) is 26.2 Å². The Balaban J connectivity index is 1.80. The number of amides is 2. The molecule has 0 atom stereocenters. The van der Waals surface area contributed by atoms with Crippen LogP contribution < -0.4 is 10.6 Å². The first kappa shape index (κ1) is 24.9. The highest BCUT2D eigenvalue weighted by atomic mass is 19.1. The molecule has 4 aromatic rings. The second kappa shape index (κ2) is 10.6. The van der Waals surface area contributed by atoms with E-state index in [9.17, 15) is 18.4 Å². The zero-order valence-electron chi connectivity index (χ0n) is 20.1. The van der Waals surface area contributed by atoms with Gasteiger partial charge in [-0.1, -0.05) is 6.07 Å². The zero-order valence-corrected chi connectivity index (χ0v) is 20.1. The number of benzene rings is 2. The summed E-state index contributed by atoms with van der Waals surface area (Å²) in [4.78, 5) is 34.4. The molecule has 0 fully saturated rings. The lowest BCUT2D eigenvalue weighted by Crippen LogP contribution is -2.25. The number of anilines is 1. The molecule has 2 aromatic carbocycles. The van der Waals surface area contributed by atoms with Crippen molar-refractivity contribution in [2.45, 2.75) is 26.9 Å². The number of carbonyl (C=O) groups is 2. The summed E-state index contributed by atoms with van der Waals surface area (Å²) in [6.07, 6.45) is 3.31. The number of halogens is 2. The number of methoxy groups -OCH3 is 1. The van der Waals surface area contributed by atoms with Gasteiger partial charge in [0.2, 0.25) is 5.91 Å². The topological polar surface area (TPSA) is 98.1 Å². The maximum atomic E-state index is 14.5. The molecule has 2 amide bonds. The third-order valence-corrected chi connectivity index (χ3v) is 5.69. The summed E-state index contributed by atoms with van der Waals surface area (Å²) in [5.41, 5.74) is 2.29. The van der Waals surface area contributed by atoms with Crippen LogP contribution in [0, 0.1) is 18.6 Å². The van der Waals surface area contributed by atoms with Gasteiger partial charge in [0.05, 0.1) is 16.6 Å². The molecule has 0 saturated carbocycles. The van der Waals surface area contributed by atoms with Crippen molar-refractivity contribution in [3.05, 3.63) is 77.1 Å². The van der Waals surface area contributed by atoms with Crippen molar-refractivity contribution < 1.29 is 23.1 Å². The van der Waals surface area contributed by atoms with Gasteiger partial charge in [-0.3, -0.25) is 14.6 Å². The van der Waals surface area contributed by atoms with Crippen LogP contribution in [0.15, 0.2) is 48.8 Å². The van der Waals surface area contributed by atoms with Gasteiger partial charge in [-0.2, -0.15) is 0 Å². The highest BCUT2D eigenvalue weighted by Gasteiger charge is 2.22. The van der Waals surface area contributed by atoms with Gasteiger partial charge in [0.1, 0.15) is 24.1 Å². The van der Waals surface area contributed by atoms with Crippen LogP contribution >= 0.6 is 0 Å². The Bertz CT molecular complexity index is 1440. The van der Waals surface area contributed by atoms with Crippen LogP contribution in [0.5, 0.6) is 0 Å². The van der Waals surface area contributed by atoms with Crippen molar-refractivity contribution >= 4 is 28.5 Å². The minimum Gasteiger partial charge on any atom is -0.375 e. The van der Waals surface area contributed by atoms with E-state index in [1.807, 2.05) is 17.6 Å². The van der Waals surface area contributed by atoms with Crippen LogP contribution in [0.4, 0.5) is 14.5 Å². The van der Waals surface area contributed by atoms with E-state index in [0.717, 1.165) is 11.6 Å². The summed E-state index contributed by atoms with van der Waals surface area (Å²) in [6, 6.07) is 9.30. The van der Waals surface area contributed by atoms with Crippen molar-refractivity contribution in [2.75, 3.05) is 19.0 Å². The van der Waals surface area contributed by atoms with Crippen LogP contribution in [-0.4, -0.2) is 40.1 Å². The Labute approximate surface area is 206 Å². The monoisotopic (exact) mass is 493 g/mol. The number of rotatable bonds is 8. The van der Waals surface area contributed by atoms with Crippen molar-refractivity contribution in [3.63, 3.8) is 0 Å². The number of carbonyl (C=O) groups excluding carboxylic acids is 2. The third-order valence-electron chi connectivity index (χ3n) is 5.69. The lowest BCUT2D eigenvalue weighted by Gasteiger charge is -2.13. The number of aryl methyl sites for hydroxylation is 2. The smallest absolute Gasteiger partial charge is 0.253 e. The molecule has 0 aliphatic carbocycles. The molecule has 186 valence electrons. The van der Waals surface area contributed by atoms with Gasteiger partial charge >= 0.3 is 0 Å². The normalized spacial score (nSPS) is 11.0. The molecule has 2 aromatic heterocycles. The highest BCUT2D eigenvalue weighted by molar-refractivity contribution is 6.08. The van der Waals surface area contributed by atoms with Gasteiger partial charge in [0, 0.05) is 49.4 Å². The van der Waals surface area contributed by atoms with Crippen molar-refractivity contribution in [3.8, 4) is 11.4 Å². The number of aromatic nitrogens is 3. The number of hydrogen-bond acceptors (Lipinski definition) is 5. The van der Waals surface area contributed by atoms with Crippen LogP contribution in [0.25, 0.3) is 22.4 Å². The number of nitrogens with zero attached hydrogens (tertiary/aromatic N) is 3. The number of imidazole rings is 1. The van der Waals surface area contributed by atoms with E-state index < -0.39 is 23.4 Å². The largest absolute Gasteiger partial charge is 0.375 e. The molecule has 2 N–H and O–H groups in total. The second-order valence-corrected chi connectivity index (χ2v) is 8.13. The van der Waals surface area contributed by atoms with Gasteiger partial charge in [-0.25, -0.2) is 13.8 Å². The average Bonchev–Trinajstić information content (AvgIpc) is 3.25. The van der Waals surface area contributed by atoms with E-state index in [1.54, 1.807) is 24.5 Å². The van der Waals surface area contributed by atoms with E-state index in [-0.39, 0.29) is 29.8 Å². The molecule has 0 aliphatic heterocycles. The van der Waals surface area contributed by atoms with Crippen molar-refractivity contribution in [1.29, 1.82) is 0 Å². The molecular formula is C26H25F2N5O3. The fourth-order valence-electron chi connectivity index (χ4n) is 4.01. The van der Waals surface area contributed by atoms with E-state index in [2.05, 4.69) is 15.6 Å². The Morgan fingerprint density at radius 2 is 1.97 bits per heavy atom. The fraction of sp³-hybridized carbons (Fsp3) is 0.231. The first-order chi connectivity index (χ1) is 17.3. The molecule has 36 heavy (non-hydrogen) atoms. The minimum absolute atomic E-state index is 0.171. The van der Waals surface area contributed by atoms with Crippen molar-refractivity contribution in [2.24, 2.45) is 0 Å². The number of hydrogen-bond donors (Lipinski definition) is 2. The number of ether oxygens (including phenoxy) is 1. The average molecular weight is 494 g/mol. The van der Waals surface area contributed by atoms with Gasteiger partial charge in [0.15, 0.2) is 0 Å². The molecule has 8 nitrogen and oxygen atoms in total. The lowest BCUT2D eigenvalue weighted by atomic mass is 10.1. The second-order valence-electron chi connectivity index (χ2n) is 8.13. The van der Waals surface area contributed by atoms with E-state index in [4.69, 9.17) is 9.72 Å². The van der Waals surface area contributed by atoms with Gasteiger partial charge in [0.25, 0.3) is 5.91 Å². The van der Waals surface area contributed by atoms with Gasteiger partial charge < -0.3 is 19.9 Å². The summed E-state index contributed by atoms with van der Waals surface area (Å²) in [5.74, 6) is -1.85. The Morgan fingerprint density at radius 3 is 2.67 bits per heavy atom. The lowest BCUT2D eigenvalue weighted by molar-refractivity contribution is -0.119. The Hall–Kier alpha value is -4.18. The Kier molecular flexibility index (Phi) is 7.35. The molecular weight excluding hydrogens is 468 g/mol. The summed E-state index contributed by atoms with van der Waals surface area (Å²) >= 11 is 0. The summed E-state index contributed by atoms with van der Waals surface area (Å²) in [6.45, 7) is 3.40.